The van der Waals surface area contributed by atoms with Gasteiger partial charge in [0.05, 0.1) is 20.6 Å². The van der Waals surface area contributed by atoms with E-state index >= 15 is 0 Å². The van der Waals surface area contributed by atoms with Gasteiger partial charge in [-0.3, -0.25) is 19.2 Å². The van der Waals surface area contributed by atoms with Gasteiger partial charge >= 0.3 is 11.9 Å². The molecule has 2 aromatic rings. The van der Waals surface area contributed by atoms with Gasteiger partial charge in [0.25, 0.3) is 11.5 Å². The van der Waals surface area contributed by atoms with Crippen LogP contribution in [-0.4, -0.2) is 54.0 Å². The van der Waals surface area contributed by atoms with Crippen molar-refractivity contribution in [1.29, 1.82) is 0 Å². The first-order chi connectivity index (χ1) is 15.2. The summed E-state index contributed by atoms with van der Waals surface area (Å²) in [6.45, 7) is 1.57. The fourth-order valence-electron chi connectivity index (χ4n) is 2.78. The summed E-state index contributed by atoms with van der Waals surface area (Å²) in [7, 11) is 2.28. The molecule has 0 aliphatic rings. The molecule has 32 heavy (non-hydrogen) atoms. The summed E-state index contributed by atoms with van der Waals surface area (Å²) >= 11 is 0. The number of aromatic hydroxyl groups is 1. The van der Waals surface area contributed by atoms with Crippen LogP contribution in [0.3, 0.4) is 0 Å². The van der Waals surface area contributed by atoms with Gasteiger partial charge < -0.3 is 24.9 Å². The Hall–Kier alpha value is -4.21. The standard InChI is InChI=1S/C22H22N2O8/c1-12-9-17(26)19(21(29)23-12)16(25)8-7-13-5-4-6-14(10-13)20(28)24-15(22(30)32-3)11-18(27)31-2/h4-10,15H,11H2,1-3H3,(H,24,28)(H2,23,26,29)/b8-7+. The number of carbonyl (C=O) groups excluding carboxylic acids is 4. The highest BCUT2D eigenvalue weighted by atomic mass is 16.5. The molecule has 3 N–H and O–H groups in total. The first-order valence-corrected chi connectivity index (χ1v) is 9.37. The lowest BCUT2D eigenvalue weighted by atomic mass is 10.1. The summed E-state index contributed by atoms with van der Waals surface area (Å²) in [6, 6.07) is 6.08. The van der Waals surface area contributed by atoms with E-state index in [9.17, 15) is 29.1 Å². The summed E-state index contributed by atoms with van der Waals surface area (Å²) < 4.78 is 9.11. The van der Waals surface area contributed by atoms with Crippen LogP contribution in [0.15, 0.2) is 41.2 Å². The lowest BCUT2D eigenvalue weighted by molar-refractivity contribution is -0.149. The molecule has 1 aromatic heterocycles. The van der Waals surface area contributed by atoms with Crippen molar-refractivity contribution >= 4 is 29.7 Å². The van der Waals surface area contributed by atoms with E-state index in [1.807, 2.05) is 0 Å². The second-order valence-electron chi connectivity index (χ2n) is 6.69. The molecular weight excluding hydrogens is 420 g/mol. The first-order valence-electron chi connectivity index (χ1n) is 9.37. The molecule has 0 fully saturated rings. The number of ketones is 1. The zero-order valence-electron chi connectivity index (χ0n) is 17.6. The monoisotopic (exact) mass is 442 g/mol. The minimum atomic E-state index is -1.24. The first kappa shape index (κ1) is 24.1. The number of methoxy groups -OCH3 is 2. The Kier molecular flexibility index (Phi) is 8.05. The number of H-pyrrole nitrogens is 1. The van der Waals surface area contributed by atoms with Crippen molar-refractivity contribution in [2.75, 3.05) is 14.2 Å². The van der Waals surface area contributed by atoms with Gasteiger partial charge in [-0.25, -0.2) is 4.79 Å². The van der Waals surface area contributed by atoms with Crippen LogP contribution >= 0.6 is 0 Å². The number of hydrogen-bond donors (Lipinski definition) is 3. The van der Waals surface area contributed by atoms with Crippen molar-refractivity contribution in [3.05, 3.63) is 69.1 Å². The summed E-state index contributed by atoms with van der Waals surface area (Å²) in [5.41, 5.74) is -0.121. The second-order valence-corrected chi connectivity index (χ2v) is 6.69. The molecule has 1 heterocycles. The number of pyridine rings is 1. The van der Waals surface area contributed by atoms with Crippen LogP contribution in [-0.2, 0) is 19.1 Å². The van der Waals surface area contributed by atoms with Crippen molar-refractivity contribution in [3.8, 4) is 5.75 Å². The maximum atomic E-state index is 12.5. The normalized spacial score (nSPS) is 11.6. The third-order valence-electron chi connectivity index (χ3n) is 4.36. The average Bonchev–Trinajstić information content (AvgIpc) is 2.75. The van der Waals surface area contributed by atoms with E-state index in [0.717, 1.165) is 20.3 Å². The predicted molar refractivity (Wildman–Crippen MR) is 113 cm³/mol. The van der Waals surface area contributed by atoms with Crippen LogP contribution < -0.4 is 10.9 Å². The summed E-state index contributed by atoms with van der Waals surface area (Å²) in [5, 5.41) is 12.3. The lowest BCUT2D eigenvalue weighted by Gasteiger charge is -2.15. The van der Waals surface area contributed by atoms with Crippen LogP contribution in [0.5, 0.6) is 5.75 Å². The highest BCUT2D eigenvalue weighted by Crippen LogP contribution is 2.15. The van der Waals surface area contributed by atoms with Gasteiger partial charge in [-0.1, -0.05) is 18.2 Å². The molecule has 2 rings (SSSR count). The van der Waals surface area contributed by atoms with Crippen molar-refractivity contribution in [2.24, 2.45) is 0 Å². The Morgan fingerprint density at radius 3 is 2.50 bits per heavy atom. The van der Waals surface area contributed by atoms with E-state index in [4.69, 9.17) is 0 Å². The molecule has 0 saturated carbocycles. The van der Waals surface area contributed by atoms with Crippen LogP contribution in [0.4, 0.5) is 0 Å². The molecule has 1 aromatic carbocycles. The molecule has 1 unspecified atom stereocenters. The van der Waals surface area contributed by atoms with E-state index in [2.05, 4.69) is 19.8 Å². The van der Waals surface area contributed by atoms with Crippen molar-refractivity contribution < 1.29 is 33.8 Å². The van der Waals surface area contributed by atoms with E-state index in [1.54, 1.807) is 19.1 Å². The molecule has 1 amide bonds. The van der Waals surface area contributed by atoms with Gasteiger partial charge in [-0.05, 0) is 36.8 Å². The maximum Gasteiger partial charge on any atom is 0.328 e. The van der Waals surface area contributed by atoms with Crippen LogP contribution in [0.1, 0.15) is 38.4 Å². The van der Waals surface area contributed by atoms with Crippen LogP contribution in [0.2, 0.25) is 0 Å². The number of benzene rings is 1. The van der Waals surface area contributed by atoms with Gasteiger partial charge in [-0.15, -0.1) is 0 Å². The SMILES string of the molecule is COC(=O)CC(NC(=O)c1cccc(/C=C/C(=O)c2c(O)cc(C)[nH]c2=O)c1)C(=O)OC. The Morgan fingerprint density at radius 2 is 1.88 bits per heavy atom. The molecule has 0 aliphatic heterocycles. The van der Waals surface area contributed by atoms with E-state index < -0.39 is 53.0 Å². The zero-order chi connectivity index (χ0) is 23.8. The number of allylic oxidation sites excluding steroid dienone is 1. The Bertz CT molecular complexity index is 1130. The topological polar surface area (TPSA) is 152 Å². The number of amides is 1. The van der Waals surface area contributed by atoms with Crippen molar-refractivity contribution in [2.45, 2.75) is 19.4 Å². The molecule has 0 saturated heterocycles. The minimum absolute atomic E-state index is 0.148. The largest absolute Gasteiger partial charge is 0.507 e. The van der Waals surface area contributed by atoms with Gasteiger partial charge in [0.2, 0.25) is 0 Å². The molecule has 10 heteroatoms. The van der Waals surface area contributed by atoms with Crippen molar-refractivity contribution in [1.82, 2.24) is 10.3 Å². The quantitative estimate of drug-likeness (QED) is 0.312. The van der Waals surface area contributed by atoms with Gasteiger partial charge in [-0.2, -0.15) is 0 Å². The lowest BCUT2D eigenvalue weighted by Crippen LogP contribution is -2.43. The fourth-order valence-corrected chi connectivity index (χ4v) is 2.78. The molecule has 0 radical (unpaired) electrons. The van der Waals surface area contributed by atoms with Gasteiger partial charge in [0.15, 0.2) is 5.78 Å². The molecule has 0 spiro atoms. The van der Waals surface area contributed by atoms with Gasteiger partial charge in [0.1, 0.15) is 17.4 Å². The number of nitrogens with one attached hydrogen (secondary N) is 2. The smallest absolute Gasteiger partial charge is 0.328 e. The zero-order valence-corrected chi connectivity index (χ0v) is 17.6. The molecule has 10 nitrogen and oxygen atoms in total. The molecule has 0 bridgehead atoms. The second kappa shape index (κ2) is 10.7. The van der Waals surface area contributed by atoms with Crippen molar-refractivity contribution in [3.63, 3.8) is 0 Å². The third kappa shape index (κ3) is 6.14. The highest BCUT2D eigenvalue weighted by Gasteiger charge is 2.25. The maximum absolute atomic E-state index is 12.5. The Morgan fingerprint density at radius 1 is 1.16 bits per heavy atom. The van der Waals surface area contributed by atoms with E-state index in [1.165, 1.54) is 24.3 Å². The van der Waals surface area contributed by atoms with Crippen LogP contribution in [0.25, 0.3) is 6.08 Å². The van der Waals surface area contributed by atoms with Crippen LogP contribution in [0, 0.1) is 6.92 Å². The number of ether oxygens (including phenoxy) is 2. The Labute approximate surface area is 182 Å². The number of esters is 2. The number of aromatic nitrogens is 1. The van der Waals surface area contributed by atoms with E-state index in [-0.39, 0.29) is 5.56 Å². The van der Waals surface area contributed by atoms with Gasteiger partial charge in [0, 0.05) is 11.3 Å². The molecule has 1 atom stereocenters. The average molecular weight is 442 g/mol. The minimum Gasteiger partial charge on any atom is -0.507 e. The number of carbonyl (C=O) groups is 4. The molecular formula is C22H22N2O8. The Balaban J connectivity index is 2.20. The predicted octanol–water partition coefficient (Wildman–Crippen LogP) is 1.12. The van der Waals surface area contributed by atoms with E-state index in [0.29, 0.717) is 11.3 Å². The number of aryl methyl sites for hydroxylation is 1. The number of hydrogen-bond acceptors (Lipinski definition) is 8. The highest BCUT2D eigenvalue weighted by molar-refractivity contribution is 6.08. The fraction of sp³-hybridized carbons (Fsp3) is 0.227. The molecule has 0 aliphatic carbocycles. The summed E-state index contributed by atoms with van der Waals surface area (Å²) in [4.78, 5) is 62.6. The summed E-state index contributed by atoms with van der Waals surface area (Å²) in [6.07, 6.45) is 2.05. The number of rotatable bonds is 8. The molecule has 168 valence electrons. The summed E-state index contributed by atoms with van der Waals surface area (Å²) in [5.74, 6) is -3.33. The number of aromatic amines is 1. The third-order valence-corrected chi connectivity index (χ3v) is 4.36.